The van der Waals surface area contributed by atoms with Gasteiger partial charge in [-0.2, -0.15) is 0 Å². The Morgan fingerprint density at radius 3 is 2.35 bits per heavy atom. The minimum Gasteiger partial charge on any atom is -0.490 e. The van der Waals surface area contributed by atoms with E-state index in [2.05, 4.69) is 5.32 Å². The first-order valence-corrected chi connectivity index (χ1v) is 8.12. The highest BCUT2D eigenvalue weighted by atomic mass is 16.5. The molecule has 5 heteroatoms. The maximum absolute atomic E-state index is 12.0. The molecule has 0 spiro atoms. The molecule has 1 amide bonds. The molecular weight excluding hydrogens is 294 g/mol. The number of ether oxygens (including phenoxy) is 1. The number of carboxylic acids is 1. The van der Waals surface area contributed by atoms with Gasteiger partial charge in [0.1, 0.15) is 5.75 Å². The van der Waals surface area contributed by atoms with Gasteiger partial charge in [-0.25, -0.2) is 0 Å². The second kappa shape index (κ2) is 7.49. The number of carbonyl (C=O) groups is 2. The van der Waals surface area contributed by atoms with Gasteiger partial charge in [0.15, 0.2) is 0 Å². The Labute approximate surface area is 137 Å². The van der Waals surface area contributed by atoms with E-state index in [1.54, 1.807) is 13.8 Å². The summed E-state index contributed by atoms with van der Waals surface area (Å²) < 4.78 is 5.88. The predicted molar refractivity (Wildman–Crippen MR) is 88.6 cm³/mol. The Balaban J connectivity index is 1.84. The molecule has 0 aliphatic heterocycles. The van der Waals surface area contributed by atoms with Gasteiger partial charge < -0.3 is 15.2 Å². The fourth-order valence-corrected chi connectivity index (χ4v) is 2.93. The Bertz CT molecular complexity index is 545. The molecule has 1 fully saturated rings. The van der Waals surface area contributed by atoms with Crippen LogP contribution in [0.15, 0.2) is 24.3 Å². The first-order chi connectivity index (χ1) is 10.8. The lowest BCUT2D eigenvalue weighted by Gasteiger charge is -2.21. The summed E-state index contributed by atoms with van der Waals surface area (Å²) in [7, 11) is 0. The highest BCUT2D eigenvalue weighted by Gasteiger charge is 2.25. The van der Waals surface area contributed by atoms with Crippen LogP contribution in [0.2, 0.25) is 0 Å². The number of anilines is 1. The molecular formula is C18H25NO4. The Kier molecular flexibility index (Phi) is 5.64. The molecule has 2 N–H and O–H groups in total. The Morgan fingerprint density at radius 2 is 1.78 bits per heavy atom. The number of hydrogen-bond acceptors (Lipinski definition) is 3. The van der Waals surface area contributed by atoms with Crippen molar-refractivity contribution in [3.05, 3.63) is 24.3 Å². The first kappa shape index (κ1) is 17.3. The van der Waals surface area contributed by atoms with Gasteiger partial charge >= 0.3 is 5.97 Å². The van der Waals surface area contributed by atoms with Crippen molar-refractivity contribution in [2.45, 2.75) is 58.5 Å². The van der Waals surface area contributed by atoms with E-state index >= 15 is 0 Å². The molecule has 23 heavy (non-hydrogen) atoms. The number of amides is 1. The third-order valence-electron chi connectivity index (χ3n) is 4.01. The van der Waals surface area contributed by atoms with Crippen LogP contribution in [-0.2, 0) is 9.59 Å². The van der Waals surface area contributed by atoms with Crippen LogP contribution in [0.5, 0.6) is 5.75 Å². The van der Waals surface area contributed by atoms with Crippen LogP contribution in [0.1, 0.15) is 52.4 Å². The van der Waals surface area contributed by atoms with Gasteiger partial charge in [-0.1, -0.05) is 13.8 Å². The standard InChI is InChI=1S/C18H25NO4/c1-18(2,12-17(21)22)11-16(20)19-13-7-9-15(10-8-13)23-14-5-3-4-6-14/h7-10,14H,3-6,11-12H2,1-2H3,(H,19,20)(H,21,22). The second-order valence-electron chi connectivity index (χ2n) is 7.01. The maximum atomic E-state index is 12.0. The number of hydrogen-bond donors (Lipinski definition) is 2. The van der Waals surface area contributed by atoms with Crippen LogP contribution < -0.4 is 10.1 Å². The summed E-state index contributed by atoms with van der Waals surface area (Å²) in [5, 5.41) is 11.7. The summed E-state index contributed by atoms with van der Waals surface area (Å²) in [5.41, 5.74) is 0.126. The van der Waals surface area contributed by atoms with Crippen molar-refractivity contribution >= 4 is 17.6 Å². The van der Waals surface area contributed by atoms with Gasteiger partial charge in [0.05, 0.1) is 12.5 Å². The zero-order valence-electron chi connectivity index (χ0n) is 13.8. The molecule has 0 radical (unpaired) electrons. The summed E-state index contributed by atoms with van der Waals surface area (Å²) in [6.07, 6.45) is 5.12. The largest absolute Gasteiger partial charge is 0.490 e. The van der Waals surface area contributed by atoms with E-state index in [1.165, 1.54) is 12.8 Å². The molecule has 1 aromatic carbocycles. The van der Waals surface area contributed by atoms with E-state index in [0.717, 1.165) is 18.6 Å². The molecule has 0 aromatic heterocycles. The van der Waals surface area contributed by atoms with Crippen molar-refractivity contribution in [2.75, 3.05) is 5.32 Å². The summed E-state index contributed by atoms with van der Waals surface area (Å²) in [6.45, 7) is 3.55. The summed E-state index contributed by atoms with van der Waals surface area (Å²) >= 11 is 0. The van der Waals surface area contributed by atoms with E-state index < -0.39 is 11.4 Å². The molecule has 2 rings (SSSR count). The fraction of sp³-hybridized carbons (Fsp3) is 0.556. The summed E-state index contributed by atoms with van der Waals surface area (Å²) in [5.74, 6) is -0.252. The fourth-order valence-electron chi connectivity index (χ4n) is 2.93. The van der Waals surface area contributed by atoms with Gasteiger partial charge in [-0.3, -0.25) is 9.59 Å². The Morgan fingerprint density at radius 1 is 1.17 bits per heavy atom. The van der Waals surface area contributed by atoms with Crippen molar-refractivity contribution in [2.24, 2.45) is 5.41 Å². The van der Waals surface area contributed by atoms with Crippen LogP contribution in [0.25, 0.3) is 0 Å². The van der Waals surface area contributed by atoms with Gasteiger partial charge in [-0.15, -0.1) is 0 Å². The Hall–Kier alpha value is -2.04. The predicted octanol–water partition coefficient (Wildman–Crippen LogP) is 3.84. The highest BCUT2D eigenvalue weighted by Crippen LogP contribution is 2.27. The second-order valence-corrected chi connectivity index (χ2v) is 7.01. The van der Waals surface area contributed by atoms with Crippen molar-refractivity contribution in [3.8, 4) is 5.75 Å². The van der Waals surface area contributed by atoms with Crippen LogP contribution in [0, 0.1) is 5.41 Å². The highest BCUT2D eigenvalue weighted by molar-refractivity contribution is 5.91. The zero-order chi connectivity index (χ0) is 16.9. The molecule has 5 nitrogen and oxygen atoms in total. The van der Waals surface area contributed by atoms with Crippen molar-refractivity contribution < 1.29 is 19.4 Å². The normalized spacial score (nSPS) is 15.4. The van der Waals surface area contributed by atoms with Gasteiger partial charge in [-0.05, 0) is 55.4 Å². The lowest BCUT2D eigenvalue weighted by Crippen LogP contribution is -2.24. The molecule has 1 saturated carbocycles. The number of carboxylic acid groups (broad SMARTS) is 1. The summed E-state index contributed by atoms with van der Waals surface area (Å²) in [4.78, 5) is 22.8. The topological polar surface area (TPSA) is 75.6 Å². The van der Waals surface area contributed by atoms with Crippen LogP contribution in [0.4, 0.5) is 5.69 Å². The minimum absolute atomic E-state index is 0.0331. The third kappa shape index (κ3) is 5.93. The van der Waals surface area contributed by atoms with Gasteiger partial charge in [0.25, 0.3) is 0 Å². The molecule has 0 unspecified atom stereocenters. The lowest BCUT2D eigenvalue weighted by atomic mass is 9.85. The van der Waals surface area contributed by atoms with E-state index in [0.29, 0.717) is 11.8 Å². The van der Waals surface area contributed by atoms with Crippen LogP contribution >= 0.6 is 0 Å². The molecule has 0 atom stereocenters. The molecule has 1 aliphatic carbocycles. The molecule has 0 bridgehead atoms. The van der Waals surface area contributed by atoms with Crippen LogP contribution in [0.3, 0.4) is 0 Å². The number of carbonyl (C=O) groups excluding carboxylic acids is 1. The monoisotopic (exact) mass is 319 g/mol. The van der Waals surface area contributed by atoms with E-state index in [-0.39, 0.29) is 18.7 Å². The average Bonchev–Trinajstić information content (AvgIpc) is 2.91. The first-order valence-electron chi connectivity index (χ1n) is 8.12. The average molecular weight is 319 g/mol. The van der Waals surface area contributed by atoms with Crippen molar-refractivity contribution in [3.63, 3.8) is 0 Å². The zero-order valence-corrected chi connectivity index (χ0v) is 13.8. The number of aliphatic carboxylic acids is 1. The number of nitrogens with one attached hydrogen (secondary N) is 1. The smallest absolute Gasteiger partial charge is 0.303 e. The van der Waals surface area contributed by atoms with E-state index in [1.807, 2.05) is 24.3 Å². The minimum atomic E-state index is -0.892. The lowest BCUT2D eigenvalue weighted by molar-refractivity contribution is -0.139. The quantitative estimate of drug-likeness (QED) is 0.800. The molecule has 0 saturated heterocycles. The molecule has 126 valence electrons. The summed E-state index contributed by atoms with van der Waals surface area (Å²) in [6, 6.07) is 7.34. The van der Waals surface area contributed by atoms with E-state index in [4.69, 9.17) is 9.84 Å². The number of rotatable bonds is 7. The van der Waals surface area contributed by atoms with Gasteiger partial charge in [0.2, 0.25) is 5.91 Å². The van der Waals surface area contributed by atoms with E-state index in [9.17, 15) is 9.59 Å². The molecule has 1 aromatic rings. The van der Waals surface area contributed by atoms with Crippen molar-refractivity contribution in [1.29, 1.82) is 0 Å². The molecule has 0 heterocycles. The van der Waals surface area contributed by atoms with Crippen LogP contribution in [-0.4, -0.2) is 23.1 Å². The maximum Gasteiger partial charge on any atom is 0.303 e. The molecule has 1 aliphatic rings. The third-order valence-corrected chi connectivity index (χ3v) is 4.01. The van der Waals surface area contributed by atoms with Crippen molar-refractivity contribution in [1.82, 2.24) is 0 Å². The number of benzene rings is 1. The SMILES string of the molecule is CC(C)(CC(=O)O)CC(=O)Nc1ccc(OC2CCCC2)cc1. The van der Waals surface area contributed by atoms with Gasteiger partial charge in [0, 0.05) is 12.1 Å².